The predicted octanol–water partition coefficient (Wildman–Crippen LogP) is 2.27. The van der Waals surface area contributed by atoms with E-state index in [1.165, 1.54) is 26.4 Å². The number of aliphatic hydroxyl groups is 1. The molecule has 0 unspecified atom stereocenters. The lowest BCUT2D eigenvalue weighted by atomic mass is 10.1. The summed E-state index contributed by atoms with van der Waals surface area (Å²) in [5.41, 5.74) is 0. The van der Waals surface area contributed by atoms with Crippen LogP contribution in [0.1, 0.15) is 51.9 Å². The molecule has 0 heterocycles. The van der Waals surface area contributed by atoms with Crippen molar-refractivity contribution in [2.24, 2.45) is 0 Å². The van der Waals surface area contributed by atoms with E-state index in [0.717, 1.165) is 12.8 Å². The van der Waals surface area contributed by atoms with Gasteiger partial charge in [-0.25, -0.2) is 0 Å². The third kappa shape index (κ3) is 8.05. The number of ether oxygens (including phenoxy) is 1. The molecule has 0 radical (unpaired) electrons. The van der Waals surface area contributed by atoms with Gasteiger partial charge in [-0.05, 0) is 12.8 Å². The molecule has 0 saturated heterocycles. The van der Waals surface area contributed by atoms with Gasteiger partial charge in [-0.2, -0.15) is 0 Å². The number of methoxy groups -OCH3 is 1. The fourth-order valence-electron chi connectivity index (χ4n) is 1.34. The van der Waals surface area contributed by atoms with Crippen LogP contribution in [0.5, 0.6) is 0 Å². The van der Waals surface area contributed by atoms with E-state index in [4.69, 9.17) is 0 Å². The Morgan fingerprint density at radius 1 is 1.29 bits per heavy atom. The SMILES string of the molecule is CCCCCC[C@@H](O)CCC(=O)OC. The number of rotatable bonds is 8. The topological polar surface area (TPSA) is 46.5 Å². The Labute approximate surface area is 86.5 Å². The van der Waals surface area contributed by atoms with Crippen LogP contribution in [0, 0.1) is 0 Å². The van der Waals surface area contributed by atoms with Crippen molar-refractivity contribution >= 4 is 5.97 Å². The van der Waals surface area contributed by atoms with Crippen LogP contribution in [0.25, 0.3) is 0 Å². The lowest BCUT2D eigenvalue weighted by Crippen LogP contribution is -2.10. The second-order valence-electron chi connectivity index (χ2n) is 3.62. The standard InChI is InChI=1S/C11H22O3/c1-3-4-5-6-7-10(12)8-9-11(13)14-2/h10,12H,3-9H2,1-2H3/t10-/m1/s1. The highest BCUT2D eigenvalue weighted by molar-refractivity contribution is 5.69. The Bertz CT molecular complexity index is 145. The third-order valence-corrected chi connectivity index (χ3v) is 2.30. The average Bonchev–Trinajstić information content (AvgIpc) is 2.21. The van der Waals surface area contributed by atoms with Crippen LogP contribution in [0.4, 0.5) is 0 Å². The molecule has 0 spiro atoms. The first-order valence-corrected chi connectivity index (χ1v) is 5.45. The summed E-state index contributed by atoms with van der Waals surface area (Å²) in [6.07, 6.45) is 5.97. The molecule has 0 bridgehead atoms. The van der Waals surface area contributed by atoms with Gasteiger partial charge in [0.1, 0.15) is 0 Å². The second-order valence-corrected chi connectivity index (χ2v) is 3.62. The van der Waals surface area contributed by atoms with Crippen molar-refractivity contribution in [3.63, 3.8) is 0 Å². The van der Waals surface area contributed by atoms with Crippen LogP contribution in [0.2, 0.25) is 0 Å². The van der Waals surface area contributed by atoms with E-state index < -0.39 is 0 Å². The summed E-state index contributed by atoms with van der Waals surface area (Å²) in [5, 5.41) is 9.49. The van der Waals surface area contributed by atoms with Crippen LogP contribution in [0.15, 0.2) is 0 Å². The Hall–Kier alpha value is -0.570. The largest absolute Gasteiger partial charge is 0.469 e. The Morgan fingerprint density at radius 3 is 2.57 bits per heavy atom. The second kappa shape index (κ2) is 9.00. The summed E-state index contributed by atoms with van der Waals surface area (Å²) < 4.78 is 4.49. The maximum absolute atomic E-state index is 10.8. The van der Waals surface area contributed by atoms with E-state index in [9.17, 15) is 9.90 Å². The van der Waals surface area contributed by atoms with Crippen molar-refractivity contribution in [3.05, 3.63) is 0 Å². The molecule has 0 rings (SSSR count). The minimum Gasteiger partial charge on any atom is -0.469 e. The Morgan fingerprint density at radius 2 is 2.00 bits per heavy atom. The average molecular weight is 202 g/mol. The van der Waals surface area contributed by atoms with E-state index in [1.807, 2.05) is 0 Å². The highest BCUT2D eigenvalue weighted by Crippen LogP contribution is 2.09. The first kappa shape index (κ1) is 13.4. The van der Waals surface area contributed by atoms with Crippen LogP contribution in [0.3, 0.4) is 0 Å². The highest BCUT2D eigenvalue weighted by Gasteiger charge is 2.07. The van der Waals surface area contributed by atoms with Crippen molar-refractivity contribution in [1.82, 2.24) is 0 Å². The van der Waals surface area contributed by atoms with Crippen molar-refractivity contribution in [1.29, 1.82) is 0 Å². The summed E-state index contributed by atoms with van der Waals surface area (Å²) in [6.45, 7) is 2.16. The predicted molar refractivity (Wildman–Crippen MR) is 56.0 cm³/mol. The van der Waals surface area contributed by atoms with Crippen LogP contribution in [-0.2, 0) is 9.53 Å². The zero-order valence-corrected chi connectivity index (χ0v) is 9.29. The zero-order chi connectivity index (χ0) is 10.8. The summed E-state index contributed by atoms with van der Waals surface area (Å²) in [7, 11) is 1.37. The highest BCUT2D eigenvalue weighted by atomic mass is 16.5. The van der Waals surface area contributed by atoms with Crippen molar-refractivity contribution in [2.45, 2.75) is 58.0 Å². The number of carbonyl (C=O) groups excluding carboxylic acids is 1. The van der Waals surface area contributed by atoms with E-state index in [2.05, 4.69) is 11.7 Å². The molecule has 14 heavy (non-hydrogen) atoms. The molecular weight excluding hydrogens is 180 g/mol. The summed E-state index contributed by atoms with van der Waals surface area (Å²) >= 11 is 0. The number of hydrogen-bond donors (Lipinski definition) is 1. The molecule has 1 N–H and O–H groups in total. The number of esters is 1. The van der Waals surface area contributed by atoms with Gasteiger partial charge < -0.3 is 9.84 Å². The molecule has 3 heteroatoms. The van der Waals surface area contributed by atoms with Gasteiger partial charge in [0.15, 0.2) is 0 Å². The number of carbonyl (C=O) groups is 1. The van der Waals surface area contributed by atoms with Gasteiger partial charge in [0.05, 0.1) is 13.2 Å². The molecule has 0 aliphatic carbocycles. The molecule has 0 aromatic rings. The smallest absolute Gasteiger partial charge is 0.305 e. The Balaban J connectivity index is 3.27. The lowest BCUT2D eigenvalue weighted by Gasteiger charge is -2.08. The lowest BCUT2D eigenvalue weighted by molar-refractivity contribution is -0.141. The maximum atomic E-state index is 10.8. The normalized spacial score (nSPS) is 12.5. The first-order valence-electron chi connectivity index (χ1n) is 5.45. The quantitative estimate of drug-likeness (QED) is 0.485. The van der Waals surface area contributed by atoms with Crippen molar-refractivity contribution in [2.75, 3.05) is 7.11 Å². The van der Waals surface area contributed by atoms with Crippen molar-refractivity contribution < 1.29 is 14.6 Å². The van der Waals surface area contributed by atoms with Gasteiger partial charge in [0.25, 0.3) is 0 Å². The fourth-order valence-corrected chi connectivity index (χ4v) is 1.34. The van der Waals surface area contributed by atoms with E-state index >= 15 is 0 Å². The minimum absolute atomic E-state index is 0.238. The van der Waals surface area contributed by atoms with Gasteiger partial charge in [-0.1, -0.05) is 32.6 Å². The number of aliphatic hydroxyl groups excluding tert-OH is 1. The number of unbranched alkanes of at least 4 members (excludes halogenated alkanes) is 3. The van der Waals surface area contributed by atoms with Gasteiger partial charge in [0, 0.05) is 6.42 Å². The van der Waals surface area contributed by atoms with Gasteiger partial charge in [-0.15, -0.1) is 0 Å². The Kier molecular flexibility index (Phi) is 8.64. The summed E-state index contributed by atoms with van der Waals surface area (Å²) in [5.74, 6) is -0.238. The molecule has 0 amide bonds. The molecule has 0 fully saturated rings. The van der Waals surface area contributed by atoms with Crippen LogP contribution in [-0.4, -0.2) is 24.3 Å². The molecular formula is C11H22O3. The zero-order valence-electron chi connectivity index (χ0n) is 9.29. The van der Waals surface area contributed by atoms with E-state index in [1.54, 1.807) is 0 Å². The van der Waals surface area contributed by atoms with Crippen LogP contribution < -0.4 is 0 Å². The molecule has 84 valence electrons. The molecule has 0 aromatic heterocycles. The van der Waals surface area contributed by atoms with Crippen LogP contribution >= 0.6 is 0 Å². The van der Waals surface area contributed by atoms with Gasteiger partial charge >= 0.3 is 5.97 Å². The molecule has 0 aromatic carbocycles. The molecule has 0 aliphatic rings. The summed E-state index contributed by atoms with van der Waals surface area (Å²) in [6, 6.07) is 0. The third-order valence-electron chi connectivity index (χ3n) is 2.30. The van der Waals surface area contributed by atoms with Gasteiger partial charge in [0.2, 0.25) is 0 Å². The number of hydrogen-bond acceptors (Lipinski definition) is 3. The molecule has 1 atom stereocenters. The first-order chi connectivity index (χ1) is 6.70. The fraction of sp³-hybridized carbons (Fsp3) is 0.909. The van der Waals surface area contributed by atoms with E-state index in [-0.39, 0.29) is 12.1 Å². The van der Waals surface area contributed by atoms with E-state index in [0.29, 0.717) is 12.8 Å². The molecule has 3 nitrogen and oxygen atoms in total. The van der Waals surface area contributed by atoms with Gasteiger partial charge in [-0.3, -0.25) is 4.79 Å². The maximum Gasteiger partial charge on any atom is 0.305 e. The summed E-state index contributed by atoms with van der Waals surface area (Å²) in [4.78, 5) is 10.8. The minimum atomic E-state index is -0.342. The molecule has 0 saturated carbocycles. The van der Waals surface area contributed by atoms with Crippen molar-refractivity contribution in [3.8, 4) is 0 Å². The molecule has 0 aliphatic heterocycles. The monoisotopic (exact) mass is 202 g/mol.